The summed E-state index contributed by atoms with van der Waals surface area (Å²) in [5.41, 5.74) is 4.58. The lowest BCUT2D eigenvalue weighted by Gasteiger charge is -2.21. The first kappa shape index (κ1) is 24.7. The number of unbranched alkanes of at least 4 members (excludes halogenated alkanes) is 1. The van der Waals surface area contributed by atoms with Crippen molar-refractivity contribution in [3.05, 3.63) is 59.7 Å². The highest BCUT2D eigenvalue weighted by atomic mass is 16.5. The first-order valence-electron chi connectivity index (χ1n) is 12.2. The summed E-state index contributed by atoms with van der Waals surface area (Å²) in [6, 6.07) is 15.3. The predicted octanol–water partition coefficient (Wildman–Crippen LogP) is 3.69. The maximum atomic E-state index is 12.7. The third-order valence-corrected chi connectivity index (χ3v) is 6.75. The van der Waals surface area contributed by atoms with E-state index in [1.807, 2.05) is 31.2 Å². The van der Waals surface area contributed by atoms with Crippen LogP contribution in [0.5, 0.6) is 0 Å². The summed E-state index contributed by atoms with van der Waals surface area (Å²) in [7, 11) is 0. The molecule has 0 aromatic heterocycles. The highest BCUT2D eigenvalue weighted by molar-refractivity contribution is 5.80. The van der Waals surface area contributed by atoms with Crippen molar-refractivity contribution >= 4 is 18.0 Å². The van der Waals surface area contributed by atoms with Crippen LogP contribution in [0, 0.1) is 5.92 Å². The Bertz CT molecular complexity index is 1030. The molecule has 1 aliphatic heterocycles. The van der Waals surface area contributed by atoms with Crippen molar-refractivity contribution < 1.29 is 29.0 Å². The lowest BCUT2D eigenvalue weighted by molar-refractivity contribution is -0.142. The number of hydrogen-bond acceptors (Lipinski definition) is 5. The summed E-state index contributed by atoms with van der Waals surface area (Å²) in [5.74, 6) is -2.11. The van der Waals surface area contributed by atoms with Crippen LogP contribution in [0.15, 0.2) is 48.5 Å². The molecular weight excluding hydrogens is 448 g/mol. The van der Waals surface area contributed by atoms with Gasteiger partial charge in [-0.1, -0.05) is 68.3 Å². The van der Waals surface area contributed by atoms with Crippen LogP contribution < -0.4 is 10.6 Å². The van der Waals surface area contributed by atoms with Crippen molar-refractivity contribution in [2.75, 3.05) is 19.8 Å². The Balaban J connectivity index is 1.34. The number of rotatable bonds is 10. The molecule has 4 rings (SSSR count). The van der Waals surface area contributed by atoms with Gasteiger partial charge in [-0.2, -0.15) is 0 Å². The summed E-state index contributed by atoms with van der Waals surface area (Å²) in [5, 5.41) is 14.9. The summed E-state index contributed by atoms with van der Waals surface area (Å²) in [6.07, 6.45) is 1.87. The number of nitrogens with one attached hydrogen (secondary N) is 2. The van der Waals surface area contributed by atoms with Gasteiger partial charge in [0.25, 0.3) is 0 Å². The van der Waals surface area contributed by atoms with Gasteiger partial charge >= 0.3 is 12.1 Å². The number of carbonyl (C=O) groups is 3. The van der Waals surface area contributed by atoms with Gasteiger partial charge in [-0.25, -0.2) is 4.79 Å². The third kappa shape index (κ3) is 5.82. The van der Waals surface area contributed by atoms with Crippen molar-refractivity contribution in [1.29, 1.82) is 0 Å². The average molecular weight is 481 g/mol. The lowest BCUT2D eigenvalue weighted by atomic mass is 9.98. The average Bonchev–Trinajstić information content (AvgIpc) is 3.44. The number of fused-ring (bicyclic) bond motifs is 3. The van der Waals surface area contributed by atoms with Crippen LogP contribution in [0.25, 0.3) is 11.1 Å². The van der Waals surface area contributed by atoms with E-state index in [1.54, 1.807) is 0 Å². The van der Waals surface area contributed by atoms with E-state index in [2.05, 4.69) is 34.9 Å². The molecule has 8 heteroatoms. The lowest BCUT2D eigenvalue weighted by Crippen LogP contribution is -2.46. The van der Waals surface area contributed by atoms with Gasteiger partial charge < -0.3 is 25.2 Å². The highest BCUT2D eigenvalue weighted by Crippen LogP contribution is 2.44. The van der Waals surface area contributed by atoms with E-state index < -0.39 is 30.1 Å². The van der Waals surface area contributed by atoms with Crippen LogP contribution in [0.2, 0.25) is 0 Å². The van der Waals surface area contributed by atoms with E-state index in [0.29, 0.717) is 6.42 Å². The summed E-state index contributed by atoms with van der Waals surface area (Å²) >= 11 is 0. The zero-order chi connectivity index (χ0) is 24.8. The Morgan fingerprint density at radius 2 is 1.71 bits per heavy atom. The predicted molar refractivity (Wildman–Crippen MR) is 130 cm³/mol. The fourth-order valence-electron chi connectivity index (χ4n) is 4.91. The second-order valence-electron chi connectivity index (χ2n) is 9.17. The molecule has 3 unspecified atom stereocenters. The Hall–Kier alpha value is -3.39. The second-order valence-corrected chi connectivity index (χ2v) is 9.17. The van der Waals surface area contributed by atoms with E-state index in [1.165, 1.54) is 0 Å². The number of carboxylic acids is 1. The standard InChI is InChI=1S/C27H32N2O6/c1-2-3-8-17(13-25(30)29-24-16-34-14-23(24)26(31)32)28-27(33)35-15-22-20-11-6-4-9-18(20)19-10-5-7-12-21(19)22/h4-7,9-12,17,22-24H,2-3,8,13-16H2,1H3,(H,28,33)(H,29,30)(H,31,32). The first-order valence-corrected chi connectivity index (χ1v) is 12.2. The fraction of sp³-hybridized carbons (Fsp3) is 0.444. The third-order valence-electron chi connectivity index (χ3n) is 6.75. The van der Waals surface area contributed by atoms with Crippen LogP contribution >= 0.6 is 0 Å². The molecule has 2 amide bonds. The Kier molecular flexibility index (Phi) is 8.02. The molecule has 8 nitrogen and oxygen atoms in total. The van der Waals surface area contributed by atoms with Crippen molar-refractivity contribution in [2.45, 2.75) is 50.6 Å². The van der Waals surface area contributed by atoms with Crippen LogP contribution in [0.4, 0.5) is 4.79 Å². The Morgan fingerprint density at radius 1 is 1.06 bits per heavy atom. The van der Waals surface area contributed by atoms with E-state index in [4.69, 9.17) is 9.47 Å². The van der Waals surface area contributed by atoms with Crippen LogP contribution in [-0.4, -0.2) is 55.0 Å². The number of alkyl carbamates (subject to hydrolysis) is 1. The van der Waals surface area contributed by atoms with Crippen LogP contribution in [0.1, 0.15) is 49.7 Å². The topological polar surface area (TPSA) is 114 Å². The van der Waals surface area contributed by atoms with Crippen LogP contribution in [-0.2, 0) is 19.1 Å². The van der Waals surface area contributed by atoms with Crippen molar-refractivity contribution in [3.63, 3.8) is 0 Å². The molecule has 3 atom stereocenters. The van der Waals surface area contributed by atoms with Gasteiger partial charge in [-0.05, 0) is 28.7 Å². The zero-order valence-corrected chi connectivity index (χ0v) is 19.9. The molecule has 3 N–H and O–H groups in total. The molecule has 35 heavy (non-hydrogen) atoms. The quantitative estimate of drug-likeness (QED) is 0.478. The molecule has 0 radical (unpaired) electrons. The van der Waals surface area contributed by atoms with Gasteiger partial charge in [0, 0.05) is 18.4 Å². The first-order chi connectivity index (χ1) is 17.0. The molecule has 1 fully saturated rings. The minimum atomic E-state index is -0.993. The SMILES string of the molecule is CCCCC(CC(=O)NC1COCC1C(=O)O)NC(=O)OCC1c2ccccc2-c2ccccc21. The normalized spacial score (nSPS) is 19.5. The largest absolute Gasteiger partial charge is 0.481 e. The number of ether oxygens (including phenoxy) is 2. The number of amides is 2. The molecule has 1 aliphatic carbocycles. The van der Waals surface area contributed by atoms with Crippen molar-refractivity contribution in [3.8, 4) is 11.1 Å². The van der Waals surface area contributed by atoms with E-state index in [9.17, 15) is 19.5 Å². The monoisotopic (exact) mass is 480 g/mol. The van der Waals surface area contributed by atoms with Gasteiger partial charge in [-0.15, -0.1) is 0 Å². The molecule has 2 aliphatic rings. The van der Waals surface area contributed by atoms with E-state index in [0.717, 1.165) is 35.1 Å². The molecule has 0 saturated carbocycles. The highest BCUT2D eigenvalue weighted by Gasteiger charge is 2.35. The number of carboxylic acid groups (broad SMARTS) is 1. The maximum Gasteiger partial charge on any atom is 0.407 e. The molecule has 2 aromatic carbocycles. The molecule has 2 aromatic rings. The molecule has 0 spiro atoms. The molecule has 1 saturated heterocycles. The molecule has 186 valence electrons. The Morgan fingerprint density at radius 3 is 2.34 bits per heavy atom. The summed E-state index contributed by atoms with van der Waals surface area (Å²) in [6.45, 7) is 2.49. The Labute approximate surface area is 205 Å². The van der Waals surface area contributed by atoms with Gasteiger partial charge in [0.05, 0.1) is 19.3 Å². The smallest absolute Gasteiger partial charge is 0.407 e. The fourth-order valence-corrected chi connectivity index (χ4v) is 4.91. The molecular formula is C27H32N2O6. The molecule has 0 bridgehead atoms. The van der Waals surface area contributed by atoms with Crippen LogP contribution in [0.3, 0.4) is 0 Å². The minimum Gasteiger partial charge on any atom is -0.481 e. The van der Waals surface area contributed by atoms with Crippen molar-refractivity contribution in [1.82, 2.24) is 10.6 Å². The van der Waals surface area contributed by atoms with Gasteiger partial charge in [0.2, 0.25) is 5.91 Å². The van der Waals surface area contributed by atoms with Gasteiger partial charge in [-0.3, -0.25) is 9.59 Å². The van der Waals surface area contributed by atoms with E-state index >= 15 is 0 Å². The molecule has 1 heterocycles. The van der Waals surface area contributed by atoms with Gasteiger partial charge in [0.1, 0.15) is 12.5 Å². The van der Waals surface area contributed by atoms with E-state index in [-0.39, 0.29) is 38.1 Å². The maximum absolute atomic E-state index is 12.7. The summed E-state index contributed by atoms with van der Waals surface area (Å²) in [4.78, 5) is 36.6. The number of benzene rings is 2. The summed E-state index contributed by atoms with van der Waals surface area (Å²) < 4.78 is 10.8. The van der Waals surface area contributed by atoms with Crippen molar-refractivity contribution in [2.24, 2.45) is 5.92 Å². The minimum absolute atomic E-state index is 0.0409. The number of hydrogen-bond donors (Lipinski definition) is 3. The van der Waals surface area contributed by atoms with Gasteiger partial charge in [0.15, 0.2) is 0 Å². The number of aliphatic carboxylic acids is 1. The second kappa shape index (κ2) is 11.4. The zero-order valence-electron chi connectivity index (χ0n) is 19.9. The number of carbonyl (C=O) groups excluding carboxylic acids is 2.